The lowest BCUT2D eigenvalue weighted by atomic mass is 9.77. The van der Waals surface area contributed by atoms with Gasteiger partial charge in [0.1, 0.15) is 12.9 Å². The molecular formula is C24H36O7. The van der Waals surface area contributed by atoms with Crippen LogP contribution in [-0.4, -0.2) is 40.9 Å². The van der Waals surface area contributed by atoms with Gasteiger partial charge >= 0.3 is 0 Å². The molecular weight excluding hydrogens is 400 g/mol. The molecule has 2 atom stereocenters. The van der Waals surface area contributed by atoms with E-state index in [1.807, 2.05) is 0 Å². The number of aliphatic hydroxyl groups is 1. The van der Waals surface area contributed by atoms with Crippen LogP contribution in [0, 0.1) is 10.8 Å². The van der Waals surface area contributed by atoms with Gasteiger partial charge < -0.3 is 24.1 Å². The summed E-state index contributed by atoms with van der Waals surface area (Å²) in [5, 5.41) is 20.3. The Labute approximate surface area is 184 Å². The molecule has 7 nitrogen and oxygen atoms in total. The van der Waals surface area contributed by atoms with Gasteiger partial charge in [-0.05, 0) is 36.5 Å². The van der Waals surface area contributed by atoms with E-state index in [9.17, 15) is 19.8 Å². The average molecular weight is 437 g/mol. The third-order valence-electron chi connectivity index (χ3n) is 6.49. The first-order chi connectivity index (χ1) is 14.4. The fourth-order valence-electron chi connectivity index (χ4n) is 3.48. The van der Waals surface area contributed by atoms with Gasteiger partial charge in [-0.1, -0.05) is 34.6 Å². The lowest BCUT2D eigenvalue weighted by Crippen LogP contribution is -2.50. The molecule has 2 heterocycles. The van der Waals surface area contributed by atoms with Crippen molar-refractivity contribution in [2.45, 2.75) is 78.4 Å². The Morgan fingerprint density at radius 1 is 1.19 bits per heavy atom. The molecule has 2 N–H and O–H groups in total. The van der Waals surface area contributed by atoms with Gasteiger partial charge in [0.25, 0.3) is 0 Å². The topological polar surface area (TPSA) is 106 Å². The van der Waals surface area contributed by atoms with Crippen LogP contribution in [0.4, 0.5) is 0 Å². The summed E-state index contributed by atoms with van der Waals surface area (Å²) in [6.07, 6.45) is 7.61. The maximum atomic E-state index is 12.2. The maximum absolute atomic E-state index is 12.2. The van der Waals surface area contributed by atoms with Crippen molar-refractivity contribution in [2.24, 2.45) is 10.8 Å². The quantitative estimate of drug-likeness (QED) is 0.544. The number of aromatic hydroxyl groups is 1. The zero-order valence-electron chi connectivity index (χ0n) is 19.3. The molecule has 0 saturated carbocycles. The molecule has 0 spiro atoms. The first-order valence-electron chi connectivity index (χ1n) is 10.9. The average Bonchev–Trinajstić information content (AvgIpc) is 2.70. The number of carbonyl (C=O) groups excluding carboxylic acids is 1. The molecule has 31 heavy (non-hydrogen) atoms. The number of rotatable bonds is 11. The Balaban J connectivity index is 1.97. The number of hydrogen-bond donors (Lipinski definition) is 2. The van der Waals surface area contributed by atoms with E-state index in [4.69, 9.17) is 13.9 Å². The van der Waals surface area contributed by atoms with Crippen molar-refractivity contribution in [3.8, 4) is 5.75 Å². The van der Waals surface area contributed by atoms with E-state index in [1.54, 1.807) is 0 Å². The molecule has 174 valence electrons. The Morgan fingerprint density at radius 3 is 2.55 bits per heavy atom. The Bertz CT molecular complexity index is 837. The number of ketones is 1. The summed E-state index contributed by atoms with van der Waals surface area (Å²) in [4.78, 5) is 24.2. The summed E-state index contributed by atoms with van der Waals surface area (Å²) in [5.74, 6) is -0.734. The fourth-order valence-corrected chi connectivity index (χ4v) is 3.48. The second kappa shape index (κ2) is 10.0. The second-order valence-electron chi connectivity index (χ2n) is 9.94. The highest BCUT2D eigenvalue weighted by Gasteiger charge is 2.43. The third-order valence-corrected chi connectivity index (χ3v) is 6.49. The zero-order chi connectivity index (χ0) is 23.3. The summed E-state index contributed by atoms with van der Waals surface area (Å²) >= 11 is 0. The molecule has 1 aliphatic rings. The van der Waals surface area contributed by atoms with Gasteiger partial charge in [0, 0.05) is 24.7 Å². The number of aryl methyl sites for hydroxylation is 1. The van der Waals surface area contributed by atoms with Crippen LogP contribution in [0.15, 0.2) is 34.1 Å². The highest BCUT2D eigenvalue weighted by Crippen LogP contribution is 2.35. The van der Waals surface area contributed by atoms with Crippen molar-refractivity contribution in [1.29, 1.82) is 0 Å². The Morgan fingerprint density at radius 2 is 1.90 bits per heavy atom. The molecule has 0 amide bonds. The van der Waals surface area contributed by atoms with Gasteiger partial charge in [-0.3, -0.25) is 9.59 Å². The van der Waals surface area contributed by atoms with Crippen molar-refractivity contribution >= 4 is 5.78 Å². The number of carbonyl (C=O) groups is 1. The van der Waals surface area contributed by atoms with Crippen LogP contribution in [0.3, 0.4) is 0 Å². The van der Waals surface area contributed by atoms with Crippen LogP contribution >= 0.6 is 0 Å². The normalized spacial score (nSPS) is 20.5. The van der Waals surface area contributed by atoms with E-state index < -0.39 is 11.0 Å². The van der Waals surface area contributed by atoms with Crippen LogP contribution < -0.4 is 5.43 Å². The van der Waals surface area contributed by atoms with Gasteiger partial charge in [0.05, 0.1) is 18.6 Å². The molecule has 1 aromatic heterocycles. The van der Waals surface area contributed by atoms with Crippen molar-refractivity contribution in [1.82, 2.24) is 0 Å². The van der Waals surface area contributed by atoms with E-state index in [0.29, 0.717) is 25.0 Å². The number of hydrogen-bond acceptors (Lipinski definition) is 7. The van der Waals surface area contributed by atoms with Gasteiger partial charge in [-0.2, -0.15) is 0 Å². The molecule has 0 bridgehead atoms. The minimum Gasteiger partial charge on any atom is -0.502 e. The zero-order valence-corrected chi connectivity index (χ0v) is 19.3. The third kappa shape index (κ3) is 6.68. The highest BCUT2D eigenvalue weighted by molar-refractivity contribution is 5.97. The number of ether oxygens (including phenoxy) is 2. The predicted molar refractivity (Wildman–Crippen MR) is 117 cm³/mol. The van der Waals surface area contributed by atoms with E-state index in [0.717, 1.165) is 19.1 Å². The molecule has 1 aromatic rings. The predicted octanol–water partition coefficient (Wildman–Crippen LogP) is 3.75. The lowest BCUT2D eigenvalue weighted by Gasteiger charge is -2.39. The Kier molecular flexibility index (Phi) is 8.11. The van der Waals surface area contributed by atoms with E-state index in [2.05, 4.69) is 34.6 Å². The summed E-state index contributed by atoms with van der Waals surface area (Å²) in [7, 11) is 0. The molecule has 0 saturated heterocycles. The van der Waals surface area contributed by atoms with Gasteiger partial charge in [-0.15, -0.1) is 0 Å². The van der Waals surface area contributed by atoms with Crippen LogP contribution in [0.2, 0.25) is 0 Å². The smallest absolute Gasteiger partial charge is 0.229 e. The summed E-state index contributed by atoms with van der Waals surface area (Å²) < 4.78 is 16.4. The molecule has 0 fully saturated rings. The van der Waals surface area contributed by atoms with E-state index in [-0.39, 0.29) is 41.5 Å². The second-order valence-corrected chi connectivity index (χ2v) is 9.94. The Hall–Kier alpha value is -2.12. The van der Waals surface area contributed by atoms with E-state index in [1.165, 1.54) is 18.6 Å². The molecule has 2 unspecified atom stereocenters. The van der Waals surface area contributed by atoms with Crippen LogP contribution in [0.1, 0.15) is 65.9 Å². The first-order valence-corrected chi connectivity index (χ1v) is 10.9. The maximum Gasteiger partial charge on any atom is 0.229 e. The molecule has 0 aromatic carbocycles. The summed E-state index contributed by atoms with van der Waals surface area (Å²) in [5.41, 5.74) is -1.89. The van der Waals surface area contributed by atoms with Crippen molar-refractivity contribution < 1.29 is 28.9 Å². The first kappa shape index (κ1) is 25.1. The largest absolute Gasteiger partial charge is 0.502 e. The van der Waals surface area contributed by atoms with E-state index >= 15 is 0 Å². The SMILES string of the molecule is CCC(C)(C)C(CC1(O)COC=CC1=O)OCCC(C)(C)CCc1cocc(O)c1=O. The van der Waals surface area contributed by atoms with Gasteiger partial charge in [0.2, 0.25) is 5.43 Å². The van der Waals surface area contributed by atoms with Crippen LogP contribution in [-0.2, 0) is 20.7 Å². The van der Waals surface area contributed by atoms with Gasteiger partial charge in [-0.25, -0.2) is 0 Å². The van der Waals surface area contributed by atoms with Gasteiger partial charge in [0.15, 0.2) is 17.1 Å². The minimum absolute atomic E-state index is 0.0695. The van der Waals surface area contributed by atoms with Crippen LogP contribution in [0.25, 0.3) is 0 Å². The fraction of sp³-hybridized carbons (Fsp3) is 0.667. The molecule has 2 rings (SSSR count). The van der Waals surface area contributed by atoms with Crippen molar-refractivity contribution in [3.63, 3.8) is 0 Å². The summed E-state index contributed by atoms with van der Waals surface area (Å²) in [6.45, 7) is 10.8. The van der Waals surface area contributed by atoms with Crippen molar-refractivity contribution in [3.05, 3.63) is 40.7 Å². The molecule has 0 aliphatic carbocycles. The highest BCUT2D eigenvalue weighted by atomic mass is 16.5. The summed E-state index contributed by atoms with van der Waals surface area (Å²) in [6, 6.07) is 0. The minimum atomic E-state index is -1.58. The monoisotopic (exact) mass is 436 g/mol. The molecule has 7 heteroatoms. The molecule has 0 radical (unpaired) electrons. The lowest BCUT2D eigenvalue weighted by molar-refractivity contribution is -0.150. The van der Waals surface area contributed by atoms with Crippen LogP contribution in [0.5, 0.6) is 5.75 Å². The van der Waals surface area contributed by atoms with Crippen molar-refractivity contribution in [2.75, 3.05) is 13.2 Å². The standard InChI is InChI=1S/C24H36O7/c1-6-23(4,5)20(13-24(28)16-29-11-8-19(24)26)31-12-10-22(2,3)9-7-17-14-30-15-18(25)21(17)27/h8,11,14-15,20,25,28H,6-7,9-10,12-13,16H2,1-5H3. The molecule has 1 aliphatic heterocycles.